The van der Waals surface area contributed by atoms with Crippen LogP contribution in [-0.4, -0.2) is 16.1 Å². The normalized spacial score (nSPS) is 12.2. The molecule has 0 saturated heterocycles. The molecule has 1 unspecified atom stereocenters. The number of nitrogen functional groups attached to an aromatic ring is 1. The number of aromatic nitrogens is 2. The van der Waals surface area contributed by atoms with E-state index in [0.717, 1.165) is 16.3 Å². The number of nitrogens with zero attached hydrogens (tertiary/aromatic N) is 2. The van der Waals surface area contributed by atoms with Gasteiger partial charge in [0.05, 0.1) is 6.10 Å². The minimum Gasteiger partial charge on any atom is -0.460 e. The molecule has 2 aromatic rings. The molecular formula is C15H19N3OS. The molecule has 1 aromatic carbocycles. The van der Waals surface area contributed by atoms with Crippen molar-refractivity contribution in [2.45, 2.75) is 43.2 Å². The largest absolute Gasteiger partial charge is 0.460 e. The molecule has 1 atom stereocenters. The van der Waals surface area contributed by atoms with Crippen molar-refractivity contribution in [2.75, 3.05) is 5.73 Å². The topological polar surface area (TPSA) is 61.0 Å². The SMILES string of the molecule is CCC(C)Oc1nc(N)cc(Sc2cccc(C)c2)n1. The van der Waals surface area contributed by atoms with Crippen LogP contribution in [-0.2, 0) is 0 Å². The van der Waals surface area contributed by atoms with E-state index >= 15 is 0 Å². The fraction of sp³-hybridized carbons (Fsp3) is 0.333. The van der Waals surface area contributed by atoms with Crippen LogP contribution in [0.3, 0.4) is 0 Å². The average molecular weight is 289 g/mol. The quantitative estimate of drug-likeness (QED) is 0.850. The molecule has 0 bridgehead atoms. The minimum atomic E-state index is 0.0774. The van der Waals surface area contributed by atoms with Crippen LogP contribution in [0, 0.1) is 6.92 Å². The molecule has 0 fully saturated rings. The summed E-state index contributed by atoms with van der Waals surface area (Å²) in [6.07, 6.45) is 0.979. The van der Waals surface area contributed by atoms with Crippen LogP contribution >= 0.6 is 11.8 Å². The van der Waals surface area contributed by atoms with Gasteiger partial charge in [0.25, 0.3) is 0 Å². The summed E-state index contributed by atoms with van der Waals surface area (Å²) in [4.78, 5) is 9.63. The molecule has 2 rings (SSSR count). The van der Waals surface area contributed by atoms with Gasteiger partial charge >= 0.3 is 6.01 Å². The Morgan fingerprint density at radius 2 is 2.10 bits per heavy atom. The molecule has 0 saturated carbocycles. The number of ether oxygens (including phenoxy) is 1. The molecular weight excluding hydrogens is 270 g/mol. The summed E-state index contributed by atoms with van der Waals surface area (Å²) >= 11 is 1.55. The lowest BCUT2D eigenvalue weighted by Crippen LogP contribution is -2.12. The van der Waals surface area contributed by atoms with Gasteiger partial charge in [0.2, 0.25) is 0 Å². The van der Waals surface area contributed by atoms with Gasteiger partial charge in [-0.3, -0.25) is 0 Å². The first-order valence-electron chi connectivity index (χ1n) is 6.62. The average Bonchev–Trinajstić information content (AvgIpc) is 2.37. The van der Waals surface area contributed by atoms with Crippen molar-refractivity contribution >= 4 is 17.6 Å². The highest BCUT2D eigenvalue weighted by atomic mass is 32.2. The Hall–Kier alpha value is -1.75. The molecule has 20 heavy (non-hydrogen) atoms. The molecule has 0 radical (unpaired) electrons. The summed E-state index contributed by atoms with van der Waals surface area (Å²) in [5.74, 6) is 0.424. The Labute approximate surface area is 123 Å². The lowest BCUT2D eigenvalue weighted by atomic mass is 10.2. The highest BCUT2D eigenvalue weighted by Gasteiger charge is 2.08. The summed E-state index contributed by atoms with van der Waals surface area (Å²) in [5.41, 5.74) is 7.03. The Morgan fingerprint density at radius 1 is 1.30 bits per heavy atom. The lowest BCUT2D eigenvalue weighted by Gasteiger charge is -2.11. The van der Waals surface area contributed by atoms with Crippen LogP contribution in [0.2, 0.25) is 0 Å². The van der Waals surface area contributed by atoms with E-state index in [0.29, 0.717) is 11.8 Å². The summed E-state index contributed by atoms with van der Waals surface area (Å²) in [7, 11) is 0. The van der Waals surface area contributed by atoms with Gasteiger partial charge in [-0.15, -0.1) is 0 Å². The Morgan fingerprint density at radius 3 is 2.80 bits per heavy atom. The Bertz CT molecular complexity index is 589. The van der Waals surface area contributed by atoms with Crippen molar-refractivity contribution in [1.82, 2.24) is 9.97 Å². The van der Waals surface area contributed by atoms with Crippen LogP contribution in [0.25, 0.3) is 0 Å². The zero-order valence-corrected chi connectivity index (χ0v) is 12.8. The maximum Gasteiger partial charge on any atom is 0.319 e. The van der Waals surface area contributed by atoms with Gasteiger partial charge in [-0.1, -0.05) is 36.4 Å². The van der Waals surface area contributed by atoms with Crippen molar-refractivity contribution in [3.05, 3.63) is 35.9 Å². The van der Waals surface area contributed by atoms with Crippen molar-refractivity contribution in [1.29, 1.82) is 0 Å². The predicted octanol–water partition coefficient (Wildman–Crippen LogP) is 3.70. The second-order valence-corrected chi connectivity index (χ2v) is 5.76. The predicted molar refractivity (Wildman–Crippen MR) is 82.1 cm³/mol. The van der Waals surface area contributed by atoms with Gasteiger partial charge in [-0.05, 0) is 32.4 Å². The Kier molecular flexibility index (Phi) is 4.84. The standard InChI is InChI=1S/C15H19N3OS/c1-4-11(3)19-15-17-13(16)9-14(18-15)20-12-7-5-6-10(2)8-12/h5-9,11H,4H2,1-3H3,(H2,16,17,18). The highest BCUT2D eigenvalue weighted by molar-refractivity contribution is 7.99. The minimum absolute atomic E-state index is 0.0774. The van der Waals surface area contributed by atoms with Crippen LogP contribution in [0.1, 0.15) is 25.8 Å². The Balaban J connectivity index is 2.19. The second kappa shape index (κ2) is 6.61. The molecule has 2 N–H and O–H groups in total. The monoisotopic (exact) mass is 289 g/mol. The maximum absolute atomic E-state index is 5.82. The van der Waals surface area contributed by atoms with Crippen molar-refractivity contribution in [3.63, 3.8) is 0 Å². The van der Waals surface area contributed by atoms with Crippen molar-refractivity contribution in [3.8, 4) is 6.01 Å². The van der Waals surface area contributed by atoms with Gasteiger partial charge in [0.15, 0.2) is 0 Å². The van der Waals surface area contributed by atoms with Crippen molar-refractivity contribution in [2.24, 2.45) is 0 Å². The second-order valence-electron chi connectivity index (χ2n) is 4.67. The third-order valence-electron chi connectivity index (χ3n) is 2.80. The summed E-state index contributed by atoms with van der Waals surface area (Å²) in [6.45, 7) is 6.11. The first-order valence-corrected chi connectivity index (χ1v) is 7.44. The van der Waals surface area contributed by atoms with Crippen LogP contribution in [0.4, 0.5) is 5.82 Å². The smallest absolute Gasteiger partial charge is 0.319 e. The third-order valence-corrected chi connectivity index (χ3v) is 3.70. The van der Waals surface area contributed by atoms with E-state index in [9.17, 15) is 0 Å². The summed E-state index contributed by atoms with van der Waals surface area (Å²) in [5, 5.41) is 0.793. The number of rotatable bonds is 5. The fourth-order valence-electron chi connectivity index (χ4n) is 1.59. The van der Waals surface area contributed by atoms with Crippen molar-refractivity contribution < 1.29 is 4.74 Å². The number of hydrogen-bond donors (Lipinski definition) is 1. The van der Waals surface area contributed by atoms with E-state index in [4.69, 9.17) is 10.5 Å². The molecule has 0 spiro atoms. The first-order chi connectivity index (χ1) is 9.56. The van der Waals surface area contributed by atoms with Crippen LogP contribution < -0.4 is 10.5 Å². The van der Waals surface area contributed by atoms with Gasteiger partial charge in [-0.25, -0.2) is 0 Å². The lowest BCUT2D eigenvalue weighted by molar-refractivity contribution is 0.198. The number of nitrogens with two attached hydrogens (primary N) is 1. The molecule has 106 valence electrons. The molecule has 0 aliphatic heterocycles. The molecule has 4 nitrogen and oxygen atoms in total. The van der Waals surface area contributed by atoms with E-state index in [1.807, 2.05) is 19.1 Å². The van der Waals surface area contributed by atoms with E-state index in [1.165, 1.54) is 5.56 Å². The molecule has 1 aromatic heterocycles. The van der Waals surface area contributed by atoms with Gasteiger partial charge < -0.3 is 10.5 Å². The summed E-state index contributed by atoms with van der Waals surface area (Å²) < 4.78 is 5.63. The van der Waals surface area contributed by atoms with Crippen LogP contribution in [0.15, 0.2) is 40.3 Å². The molecule has 0 aliphatic rings. The van der Waals surface area contributed by atoms with Gasteiger partial charge in [0.1, 0.15) is 10.8 Å². The molecule has 5 heteroatoms. The highest BCUT2D eigenvalue weighted by Crippen LogP contribution is 2.28. The first kappa shape index (κ1) is 14.7. The number of benzene rings is 1. The number of hydrogen-bond acceptors (Lipinski definition) is 5. The van der Waals surface area contributed by atoms with E-state index in [-0.39, 0.29) is 6.10 Å². The number of aryl methyl sites for hydroxylation is 1. The molecule has 1 heterocycles. The van der Waals surface area contributed by atoms with E-state index in [2.05, 4.69) is 35.9 Å². The summed E-state index contributed by atoms with van der Waals surface area (Å²) in [6, 6.07) is 10.4. The zero-order valence-electron chi connectivity index (χ0n) is 12.0. The van der Waals surface area contributed by atoms with Crippen LogP contribution in [0.5, 0.6) is 6.01 Å². The molecule has 0 aliphatic carbocycles. The van der Waals surface area contributed by atoms with E-state index in [1.54, 1.807) is 17.8 Å². The third kappa shape index (κ3) is 4.13. The number of anilines is 1. The van der Waals surface area contributed by atoms with Gasteiger partial charge in [-0.2, -0.15) is 9.97 Å². The van der Waals surface area contributed by atoms with Gasteiger partial charge in [0, 0.05) is 11.0 Å². The van der Waals surface area contributed by atoms with E-state index < -0.39 is 0 Å². The molecule has 0 amide bonds. The maximum atomic E-state index is 5.82. The fourth-order valence-corrected chi connectivity index (χ4v) is 2.52. The zero-order chi connectivity index (χ0) is 14.5.